The zero-order chi connectivity index (χ0) is 13.3. The van der Waals surface area contributed by atoms with Gasteiger partial charge in [-0.15, -0.1) is 0 Å². The average molecular weight is 332 g/mol. The Kier molecular flexibility index (Phi) is 3.58. The highest BCUT2D eigenvalue weighted by Crippen LogP contribution is 2.30. The SMILES string of the molecule is COc1ccc(-c2nc(C(=O)O)c(Br)[nH]2)cc1Cl. The lowest BCUT2D eigenvalue weighted by Crippen LogP contribution is -1.97. The molecular formula is C11H8BrClN2O3. The van der Waals surface area contributed by atoms with Crippen LogP contribution in [0.25, 0.3) is 11.4 Å². The van der Waals surface area contributed by atoms with Crippen LogP contribution in [0.1, 0.15) is 10.5 Å². The first-order chi connectivity index (χ1) is 8.52. The quantitative estimate of drug-likeness (QED) is 0.905. The van der Waals surface area contributed by atoms with Crippen molar-refractivity contribution in [3.8, 4) is 17.1 Å². The Labute approximate surface area is 116 Å². The van der Waals surface area contributed by atoms with Crippen LogP contribution in [0.3, 0.4) is 0 Å². The lowest BCUT2D eigenvalue weighted by atomic mass is 10.2. The summed E-state index contributed by atoms with van der Waals surface area (Å²) in [6.07, 6.45) is 0. The number of halogens is 2. The van der Waals surface area contributed by atoms with Crippen LogP contribution in [0.2, 0.25) is 5.02 Å². The Morgan fingerprint density at radius 3 is 2.78 bits per heavy atom. The molecule has 1 aromatic heterocycles. The van der Waals surface area contributed by atoms with E-state index in [2.05, 4.69) is 25.9 Å². The van der Waals surface area contributed by atoms with Gasteiger partial charge in [-0.3, -0.25) is 0 Å². The fourth-order valence-corrected chi connectivity index (χ4v) is 2.15. The predicted octanol–water partition coefficient (Wildman–Crippen LogP) is 3.20. The summed E-state index contributed by atoms with van der Waals surface area (Å²) in [5.74, 6) is -0.141. The van der Waals surface area contributed by atoms with E-state index >= 15 is 0 Å². The molecular weight excluding hydrogens is 323 g/mol. The molecule has 0 radical (unpaired) electrons. The lowest BCUT2D eigenvalue weighted by Gasteiger charge is -2.03. The van der Waals surface area contributed by atoms with Crippen molar-refractivity contribution in [2.24, 2.45) is 0 Å². The zero-order valence-corrected chi connectivity index (χ0v) is 11.5. The maximum absolute atomic E-state index is 10.9. The Balaban J connectivity index is 2.46. The number of benzene rings is 1. The molecule has 1 heterocycles. The molecule has 2 N–H and O–H groups in total. The van der Waals surface area contributed by atoms with Crippen molar-refractivity contribution in [3.05, 3.63) is 33.5 Å². The van der Waals surface area contributed by atoms with Crippen molar-refractivity contribution < 1.29 is 14.6 Å². The smallest absolute Gasteiger partial charge is 0.357 e. The number of rotatable bonds is 3. The molecule has 0 atom stereocenters. The van der Waals surface area contributed by atoms with Crippen molar-refractivity contribution >= 4 is 33.5 Å². The Hall–Kier alpha value is -1.53. The van der Waals surface area contributed by atoms with E-state index in [0.717, 1.165) is 0 Å². The third-order valence-corrected chi connectivity index (χ3v) is 3.16. The summed E-state index contributed by atoms with van der Waals surface area (Å²) in [4.78, 5) is 17.7. The van der Waals surface area contributed by atoms with E-state index in [1.165, 1.54) is 7.11 Å². The van der Waals surface area contributed by atoms with Crippen LogP contribution >= 0.6 is 27.5 Å². The van der Waals surface area contributed by atoms with Gasteiger partial charge in [0.2, 0.25) is 0 Å². The first kappa shape index (κ1) is 12.9. The number of aromatic amines is 1. The monoisotopic (exact) mass is 330 g/mol. The highest BCUT2D eigenvalue weighted by Gasteiger charge is 2.16. The van der Waals surface area contributed by atoms with Crippen LogP contribution in [0.5, 0.6) is 5.75 Å². The highest BCUT2D eigenvalue weighted by molar-refractivity contribution is 9.10. The van der Waals surface area contributed by atoms with Crippen molar-refractivity contribution in [1.82, 2.24) is 9.97 Å². The molecule has 0 bridgehead atoms. The van der Waals surface area contributed by atoms with Crippen molar-refractivity contribution in [2.45, 2.75) is 0 Å². The third-order valence-electron chi connectivity index (χ3n) is 2.29. The van der Waals surface area contributed by atoms with E-state index in [4.69, 9.17) is 21.4 Å². The van der Waals surface area contributed by atoms with Gasteiger partial charge in [-0.05, 0) is 34.1 Å². The number of nitrogens with one attached hydrogen (secondary N) is 1. The Morgan fingerprint density at radius 1 is 1.56 bits per heavy atom. The molecule has 0 aliphatic carbocycles. The zero-order valence-electron chi connectivity index (χ0n) is 9.20. The molecule has 0 unspecified atom stereocenters. The minimum atomic E-state index is -1.11. The maximum atomic E-state index is 10.9. The number of carboxylic acids is 1. The van der Waals surface area contributed by atoms with Crippen LogP contribution in [-0.2, 0) is 0 Å². The summed E-state index contributed by atoms with van der Waals surface area (Å²) < 4.78 is 5.35. The second-order valence-corrected chi connectivity index (χ2v) is 4.60. The summed E-state index contributed by atoms with van der Waals surface area (Å²) in [5.41, 5.74) is 0.603. The molecule has 0 fully saturated rings. The molecule has 1 aromatic carbocycles. The van der Waals surface area contributed by atoms with Crippen LogP contribution in [0.15, 0.2) is 22.8 Å². The van der Waals surface area contributed by atoms with Gasteiger partial charge in [-0.25, -0.2) is 9.78 Å². The molecule has 0 aliphatic heterocycles. The number of ether oxygens (including phenoxy) is 1. The molecule has 0 saturated carbocycles. The number of aromatic nitrogens is 2. The fraction of sp³-hybridized carbons (Fsp3) is 0.0909. The van der Waals surface area contributed by atoms with Gasteiger partial charge in [-0.2, -0.15) is 0 Å². The van der Waals surface area contributed by atoms with E-state index in [1.54, 1.807) is 18.2 Å². The summed E-state index contributed by atoms with van der Waals surface area (Å²) in [6.45, 7) is 0. The van der Waals surface area contributed by atoms with Crippen LogP contribution in [0.4, 0.5) is 0 Å². The van der Waals surface area contributed by atoms with E-state index in [-0.39, 0.29) is 5.69 Å². The number of H-pyrrole nitrogens is 1. The van der Waals surface area contributed by atoms with Crippen LogP contribution in [0, 0.1) is 0 Å². The van der Waals surface area contributed by atoms with E-state index < -0.39 is 5.97 Å². The van der Waals surface area contributed by atoms with Gasteiger partial charge in [0.05, 0.1) is 12.1 Å². The summed E-state index contributed by atoms with van der Waals surface area (Å²) in [7, 11) is 1.52. The molecule has 0 aliphatic rings. The van der Waals surface area contributed by atoms with E-state index in [1.807, 2.05) is 0 Å². The molecule has 2 aromatic rings. The number of carboxylic acid groups (broad SMARTS) is 1. The van der Waals surface area contributed by atoms with Crippen molar-refractivity contribution in [1.29, 1.82) is 0 Å². The summed E-state index contributed by atoms with van der Waals surface area (Å²) in [6, 6.07) is 5.08. The van der Waals surface area contributed by atoms with E-state index in [0.29, 0.717) is 26.8 Å². The normalized spacial score (nSPS) is 10.4. The van der Waals surface area contributed by atoms with Gasteiger partial charge >= 0.3 is 5.97 Å². The number of carbonyl (C=O) groups is 1. The van der Waals surface area contributed by atoms with Gasteiger partial charge in [0.25, 0.3) is 0 Å². The topological polar surface area (TPSA) is 75.2 Å². The first-order valence-corrected chi connectivity index (χ1v) is 6.02. The molecule has 0 amide bonds. The summed E-state index contributed by atoms with van der Waals surface area (Å²) in [5, 5.41) is 9.33. The molecule has 94 valence electrons. The Bertz CT molecular complexity index is 612. The Morgan fingerprint density at radius 2 is 2.28 bits per heavy atom. The van der Waals surface area contributed by atoms with E-state index in [9.17, 15) is 4.79 Å². The molecule has 5 nitrogen and oxygen atoms in total. The van der Waals surface area contributed by atoms with Gasteiger partial charge in [-0.1, -0.05) is 11.6 Å². The van der Waals surface area contributed by atoms with Crippen molar-refractivity contribution in [3.63, 3.8) is 0 Å². The standard InChI is InChI=1S/C11H8BrClN2O3/c1-18-7-3-2-5(4-6(7)13)10-14-8(11(16)17)9(12)15-10/h2-4H,1H3,(H,14,15)(H,16,17). The fourth-order valence-electron chi connectivity index (χ4n) is 1.44. The number of hydrogen-bond acceptors (Lipinski definition) is 3. The number of imidazole rings is 1. The third kappa shape index (κ3) is 2.34. The highest BCUT2D eigenvalue weighted by atomic mass is 79.9. The van der Waals surface area contributed by atoms with Crippen LogP contribution < -0.4 is 4.74 Å². The number of hydrogen-bond donors (Lipinski definition) is 2. The van der Waals surface area contributed by atoms with Gasteiger partial charge in [0.15, 0.2) is 5.69 Å². The van der Waals surface area contributed by atoms with Gasteiger partial charge < -0.3 is 14.8 Å². The maximum Gasteiger partial charge on any atom is 0.357 e. The second kappa shape index (κ2) is 4.99. The average Bonchev–Trinajstić information content (AvgIpc) is 2.71. The number of nitrogens with zero attached hydrogens (tertiary/aromatic N) is 1. The van der Waals surface area contributed by atoms with Crippen molar-refractivity contribution in [2.75, 3.05) is 7.11 Å². The molecule has 0 spiro atoms. The first-order valence-electron chi connectivity index (χ1n) is 4.85. The molecule has 2 rings (SSSR count). The largest absolute Gasteiger partial charge is 0.495 e. The second-order valence-electron chi connectivity index (χ2n) is 3.40. The minimum Gasteiger partial charge on any atom is -0.495 e. The van der Waals surface area contributed by atoms with Gasteiger partial charge in [0, 0.05) is 5.56 Å². The minimum absolute atomic E-state index is 0.0723. The molecule has 7 heteroatoms. The summed E-state index contributed by atoms with van der Waals surface area (Å²) >= 11 is 9.10. The lowest BCUT2D eigenvalue weighted by molar-refractivity contribution is 0.0690. The number of aromatic carboxylic acids is 1. The van der Waals surface area contributed by atoms with Gasteiger partial charge in [0.1, 0.15) is 16.2 Å². The molecule has 0 saturated heterocycles. The predicted molar refractivity (Wildman–Crippen MR) is 70.2 cm³/mol. The molecule has 18 heavy (non-hydrogen) atoms. The van der Waals surface area contributed by atoms with Crippen LogP contribution in [-0.4, -0.2) is 28.2 Å². The number of methoxy groups -OCH3 is 1.